The van der Waals surface area contributed by atoms with Crippen LogP contribution in [0.4, 0.5) is 0 Å². The summed E-state index contributed by atoms with van der Waals surface area (Å²) in [4.78, 5) is 36.8. The highest BCUT2D eigenvalue weighted by Gasteiger charge is 2.25. The molecule has 0 heterocycles. The number of carbonyl (C=O) groups excluding carboxylic acids is 2. The molecule has 9 nitrogen and oxygen atoms in total. The van der Waals surface area contributed by atoms with Crippen molar-refractivity contribution in [1.82, 2.24) is 0 Å². The monoisotopic (exact) mass is 711 g/mol. The van der Waals surface area contributed by atoms with E-state index >= 15 is 0 Å². The number of aliphatic carboxylic acids is 1. The van der Waals surface area contributed by atoms with Gasteiger partial charge in [0.25, 0.3) is 6.29 Å². The molecule has 50 heavy (non-hydrogen) atoms. The zero-order valence-electron chi connectivity index (χ0n) is 32.8. The van der Waals surface area contributed by atoms with Crippen molar-refractivity contribution in [3.63, 3.8) is 0 Å². The summed E-state index contributed by atoms with van der Waals surface area (Å²) in [6, 6.07) is 0. The Morgan fingerprint density at radius 1 is 0.600 bits per heavy atom. The van der Waals surface area contributed by atoms with Crippen LogP contribution < -0.4 is 0 Å². The van der Waals surface area contributed by atoms with E-state index in [2.05, 4.69) is 38.2 Å². The topological polar surface area (TPSA) is 108 Å². The van der Waals surface area contributed by atoms with Crippen LogP contribution in [0.15, 0.2) is 24.3 Å². The van der Waals surface area contributed by atoms with Gasteiger partial charge in [-0.2, -0.15) is 0 Å². The Hall–Kier alpha value is -2.23. The molecule has 0 aliphatic rings. The zero-order chi connectivity index (χ0) is 37.1. The zero-order valence-corrected chi connectivity index (χ0v) is 32.8. The fraction of sp³-hybridized carbons (Fsp3) is 0.829. The molecule has 2 unspecified atom stereocenters. The second-order valence-corrected chi connectivity index (χ2v) is 14.6. The summed E-state index contributed by atoms with van der Waals surface area (Å²) in [5, 5.41) is 9.57. The molecule has 2 atom stereocenters. The number of hydrogen-bond donors (Lipinski definition) is 1. The van der Waals surface area contributed by atoms with Crippen LogP contribution in [-0.4, -0.2) is 87.4 Å². The number of unbranched alkanes of at least 4 members (excludes halogenated alkanes) is 17. The molecule has 0 aliphatic carbocycles. The molecule has 0 aromatic rings. The number of ether oxygens (including phenoxy) is 4. The summed E-state index contributed by atoms with van der Waals surface area (Å²) in [6.45, 7) is 4.78. The largest absolute Gasteiger partial charge is 0.477 e. The van der Waals surface area contributed by atoms with E-state index in [0.717, 1.165) is 51.4 Å². The molecule has 0 bridgehead atoms. The first-order valence-corrected chi connectivity index (χ1v) is 20.0. The maximum absolute atomic E-state index is 12.7. The smallest absolute Gasteiger partial charge is 0.361 e. The molecule has 0 amide bonds. The van der Waals surface area contributed by atoms with Gasteiger partial charge in [0.1, 0.15) is 13.2 Å². The highest BCUT2D eigenvalue weighted by molar-refractivity contribution is 5.71. The summed E-state index contributed by atoms with van der Waals surface area (Å²) in [5.41, 5.74) is 0. The number of carboxylic acids is 1. The molecular formula is C41H76NO8+. The highest BCUT2D eigenvalue weighted by atomic mass is 16.7. The van der Waals surface area contributed by atoms with E-state index in [1.54, 1.807) is 0 Å². The van der Waals surface area contributed by atoms with Crippen LogP contribution in [0.1, 0.15) is 162 Å². The molecule has 0 saturated heterocycles. The summed E-state index contributed by atoms with van der Waals surface area (Å²) in [6.07, 6.45) is 31.1. The number of rotatable bonds is 36. The molecule has 0 saturated carbocycles. The van der Waals surface area contributed by atoms with Gasteiger partial charge in [-0.25, -0.2) is 4.79 Å². The second-order valence-electron chi connectivity index (χ2n) is 14.6. The quantitative estimate of drug-likeness (QED) is 0.0225. The van der Waals surface area contributed by atoms with Gasteiger partial charge in [0.15, 0.2) is 6.10 Å². The lowest BCUT2D eigenvalue weighted by atomic mass is 10.1. The molecule has 0 rings (SSSR count). The van der Waals surface area contributed by atoms with E-state index < -0.39 is 24.3 Å². The number of carboxylic acid groups (broad SMARTS) is 1. The fourth-order valence-corrected chi connectivity index (χ4v) is 5.28. The number of quaternary nitrogens is 1. The van der Waals surface area contributed by atoms with E-state index in [4.69, 9.17) is 18.9 Å². The Morgan fingerprint density at radius 2 is 1.08 bits per heavy atom. The van der Waals surface area contributed by atoms with E-state index in [-0.39, 0.29) is 32.2 Å². The summed E-state index contributed by atoms with van der Waals surface area (Å²) >= 11 is 0. The van der Waals surface area contributed by atoms with Crippen LogP contribution in [0.5, 0.6) is 0 Å². The van der Waals surface area contributed by atoms with Gasteiger partial charge in [0.2, 0.25) is 0 Å². The van der Waals surface area contributed by atoms with Crippen LogP contribution in [0.3, 0.4) is 0 Å². The third kappa shape index (κ3) is 34.2. The van der Waals surface area contributed by atoms with Crippen LogP contribution in [0.25, 0.3) is 0 Å². The van der Waals surface area contributed by atoms with E-state index in [1.165, 1.54) is 77.0 Å². The number of carbonyl (C=O) groups is 3. The van der Waals surface area contributed by atoms with Crippen LogP contribution in [-0.2, 0) is 33.3 Å². The van der Waals surface area contributed by atoms with Gasteiger partial charge < -0.3 is 28.5 Å². The highest BCUT2D eigenvalue weighted by Crippen LogP contribution is 2.13. The summed E-state index contributed by atoms with van der Waals surface area (Å²) in [5.74, 6) is -2.02. The maximum atomic E-state index is 12.7. The van der Waals surface area contributed by atoms with Gasteiger partial charge >= 0.3 is 17.9 Å². The van der Waals surface area contributed by atoms with Gasteiger partial charge in [-0.15, -0.1) is 0 Å². The number of nitrogens with zero attached hydrogens (tertiary/aromatic N) is 1. The molecule has 292 valence electrons. The second kappa shape index (κ2) is 33.9. The first kappa shape index (κ1) is 47.8. The lowest BCUT2D eigenvalue weighted by molar-refractivity contribution is -0.870. The van der Waals surface area contributed by atoms with Crippen molar-refractivity contribution in [1.29, 1.82) is 0 Å². The predicted octanol–water partition coefficient (Wildman–Crippen LogP) is 9.72. The van der Waals surface area contributed by atoms with Crippen LogP contribution in [0, 0.1) is 0 Å². The molecule has 0 fully saturated rings. The maximum Gasteiger partial charge on any atom is 0.361 e. The van der Waals surface area contributed by atoms with Crippen LogP contribution >= 0.6 is 0 Å². The lowest BCUT2D eigenvalue weighted by Gasteiger charge is -2.25. The van der Waals surface area contributed by atoms with Gasteiger partial charge in [0.05, 0.1) is 34.4 Å². The third-order valence-corrected chi connectivity index (χ3v) is 8.46. The molecule has 1 N–H and O–H groups in total. The average molecular weight is 711 g/mol. The molecule has 0 aromatic carbocycles. The van der Waals surface area contributed by atoms with Gasteiger partial charge in [-0.3, -0.25) is 9.59 Å². The van der Waals surface area contributed by atoms with Crippen LogP contribution in [0.2, 0.25) is 0 Å². The first-order chi connectivity index (χ1) is 24.1. The number of likely N-dealkylation sites (N-methyl/N-ethyl adjacent to an activating group) is 1. The minimum Gasteiger partial charge on any atom is -0.477 e. The minimum absolute atomic E-state index is 0.183. The molecule has 0 spiro atoms. The Labute approximate surface area is 306 Å². The molecule has 0 aromatic heterocycles. The van der Waals surface area contributed by atoms with Crippen molar-refractivity contribution in [2.75, 3.05) is 47.5 Å². The van der Waals surface area contributed by atoms with Crippen molar-refractivity contribution in [3.05, 3.63) is 24.3 Å². The molecule has 0 aliphatic heterocycles. The Bertz CT molecular complexity index is 882. The SMILES string of the molecule is CCCCCC/C=C\C/C=C\CCCCCCCCCC(=O)OC(COC(=O)CCCCCCCCC)COC(OCC[N+](C)(C)C)C(=O)O. The summed E-state index contributed by atoms with van der Waals surface area (Å²) < 4.78 is 22.6. The summed E-state index contributed by atoms with van der Waals surface area (Å²) in [7, 11) is 5.94. The first-order valence-electron chi connectivity index (χ1n) is 20.0. The number of allylic oxidation sites excluding steroid dienone is 4. The molecule has 0 radical (unpaired) electrons. The van der Waals surface area contributed by atoms with Crippen molar-refractivity contribution in [2.24, 2.45) is 0 Å². The minimum atomic E-state index is -1.51. The Kier molecular flexibility index (Phi) is 32.4. The number of esters is 2. The van der Waals surface area contributed by atoms with Gasteiger partial charge in [-0.05, 0) is 44.9 Å². The standard InChI is InChI=1S/C41H75NO8/c1-6-8-10-12-14-15-16-17-18-19-20-21-22-23-24-26-28-30-32-39(44)50-37(35-48-38(43)31-29-27-25-13-11-9-7-2)36-49-41(40(45)46)47-34-33-42(3,4)5/h15-16,18-19,37,41H,6-14,17,20-36H2,1-5H3/p+1/b16-15-,19-18-. The predicted molar refractivity (Wildman–Crippen MR) is 203 cm³/mol. The van der Waals surface area contributed by atoms with Gasteiger partial charge in [-0.1, -0.05) is 128 Å². The van der Waals surface area contributed by atoms with E-state index in [1.807, 2.05) is 21.1 Å². The van der Waals surface area contributed by atoms with E-state index in [0.29, 0.717) is 23.9 Å². The van der Waals surface area contributed by atoms with Crippen molar-refractivity contribution >= 4 is 17.9 Å². The number of hydrogen-bond acceptors (Lipinski definition) is 7. The Morgan fingerprint density at radius 3 is 1.60 bits per heavy atom. The third-order valence-electron chi connectivity index (χ3n) is 8.46. The fourth-order valence-electron chi connectivity index (χ4n) is 5.28. The van der Waals surface area contributed by atoms with Crippen molar-refractivity contribution in [2.45, 2.75) is 174 Å². The van der Waals surface area contributed by atoms with E-state index in [9.17, 15) is 19.5 Å². The lowest BCUT2D eigenvalue weighted by Crippen LogP contribution is -2.40. The van der Waals surface area contributed by atoms with Gasteiger partial charge in [0, 0.05) is 12.8 Å². The normalized spacial score (nSPS) is 13.2. The Balaban J connectivity index is 4.42. The average Bonchev–Trinajstić information content (AvgIpc) is 3.06. The molecule has 9 heteroatoms. The van der Waals surface area contributed by atoms with Crippen molar-refractivity contribution in [3.8, 4) is 0 Å². The van der Waals surface area contributed by atoms with Crippen molar-refractivity contribution < 1.29 is 42.9 Å². The molecular weight excluding hydrogens is 634 g/mol.